The highest BCUT2D eigenvalue weighted by molar-refractivity contribution is 6.33. The maximum Gasteiger partial charge on any atom is 0.320 e. The zero-order valence-corrected chi connectivity index (χ0v) is 19.2. The number of anilines is 1. The lowest BCUT2D eigenvalue weighted by Gasteiger charge is -2.28. The lowest BCUT2D eigenvalue weighted by Crippen LogP contribution is -2.43. The molecule has 3 atom stereocenters. The SMILES string of the molecule is CNC(=O)[C@H]1CCC[C@@H](NC(=O)Nc2cc(-c3cnn4c3[C@H](O)C(C)(C)C4)c(Cl)cn2)C1. The van der Waals surface area contributed by atoms with Crippen molar-refractivity contribution < 1.29 is 14.7 Å². The zero-order valence-electron chi connectivity index (χ0n) is 18.5. The number of pyridine rings is 1. The van der Waals surface area contributed by atoms with Crippen molar-refractivity contribution in [2.45, 2.75) is 58.2 Å². The standard InChI is InChI=1S/C22H29ClN6O3/c1-22(2)11-29-18(19(22)30)15(9-26-29)14-8-17(25-10-16(14)23)28-21(32)27-13-6-4-5-12(7-13)20(31)24-3/h8-10,12-13,19,30H,4-7,11H2,1-3H3,(H,24,31)(H2,25,27,28,32)/t12-,13+,19-/m0/s1. The normalized spacial score (nSPS) is 24.0. The second-order valence-electron chi connectivity index (χ2n) is 9.31. The summed E-state index contributed by atoms with van der Waals surface area (Å²) < 4.78 is 1.79. The molecule has 2 aliphatic rings. The third-order valence-electron chi connectivity index (χ3n) is 6.45. The Hall–Kier alpha value is -2.65. The van der Waals surface area contributed by atoms with E-state index in [9.17, 15) is 14.7 Å². The van der Waals surface area contributed by atoms with Gasteiger partial charge in [-0.2, -0.15) is 5.10 Å². The predicted molar refractivity (Wildman–Crippen MR) is 121 cm³/mol. The van der Waals surface area contributed by atoms with E-state index in [-0.39, 0.29) is 29.3 Å². The van der Waals surface area contributed by atoms with Crippen LogP contribution in [-0.2, 0) is 11.3 Å². The molecule has 1 aliphatic heterocycles. The van der Waals surface area contributed by atoms with Crippen LogP contribution in [0.3, 0.4) is 0 Å². The second-order valence-corrected chi connectivity index (χ2v) is 9.72. The van der Waals surface area contributed by atoms with Gasteiger partial charge in [-0.15, -0.1) is 0 Å². The number of halogens is 1. The van der Waals surface area contributed by atoms with Crippen molar-refractivity contribution in [3.8, 4) is 11.1 Å². The molecule has 10 heteroatoms. The van der Waals surface area contributed by atoms with Crippen molar-refractivity contribution in [3.05, 3.63) is 29.2 Å². The van der Waals surface area contributed by atoms with Crippen LogP contribution in [0.15, 0.2) is 18.5 Å². The first-order valence-electron chi connectivity index (χ1n) is 10.9. The molecule has 32 heavy (non-hydrogen) atoms. The number of carbonyl (C=O) groups is 2. The van der Waals surface area contributed by atoms with Gasteiger partial charge in [0, 0.05) is 48.3 Å². The summed E-state index contributed by atoms with van der Waals surface area (Å²) in [5.74, 6) is 0.270. The van der Waals surface area contributed by atoms with Crippen molar-refractivity contribution in [3.63, 3.8) is 0 Å². The Morgan fingerprint density at radius 3 is 2.78 bits per heavy atom. The Bertz CT molecular complexity index is 1040. The molecule has 0 radical (unpaired) electrons. The molecule has 0 spiro atoms. The molecule has 1 saturated carbocycles. The fraction of sp³-hybridized carbons (Fsp3) is 0.545. The van der Waals surface area contributed by atoms with Crippen molar-refractivity contribution in [2.24, 2.45) is 11.3 Å². The molecular weight excluding hydrogens is 432 g/mol. The first-order valence-corrected chi connectivity index (χ1v) is 11.3. The van der Waals surface area contributed by atoms with E-state index in [1.54, 1.807) is 24.0 Å². The van der Waals surface area contributed by atoms with Crippen LogP contribution in [-0.4, -0.2) is 44.9 Å². The van der Waals surface area contributed by atoms with Crippen molar-refractivity contribution in [1.82, 2.24) is 25.4 Å². The summed E-state index contributed by atoms with van der Waals surface area (Å²) in [5.41, 5.74) is 1.75. The smallest absolute Gasteiger partial charge is 0.320 e. The fourth-order valence-corrected chi connectivity index (χ4v) is 4.88. The number of rotatable bonds is 4. The van der Waals surface area contributed by atoms with Crippen LogP contribution >= 0.6 is 11.6 Å². The Balaban J connectivity index is 1.48. The molecule has 4 rings (SSSR count). The third-order valence-corrected chi connectivity index (χ3v) is 6.75. The Morgan fingerprint density at radius 1 is 1.25 bits per heavy atom. The number of aliphatic hydroxyl groups is 1. The number of aliphatic hydroxyl groups excluding tert-OH is 1. The van der Waals surface area contributed by atoms with E-state index in [1.165, 1.54) is 6.20 Å². The fourth-order valence-electron chi connectivity index (χ4n) is 4.67. The molecule has 0 bridgehead atoms. The molecule has 0 unspecified atom stereocenters. The lowest BCUT2D eigenvalue weighted by atomic mass is 9.85. The number of fused-ring (bicyclic) bond motifs is 1. The summed E-state index contributed by atoms with van der Waals surface area (Å²) >= 11 is 6.41. The van der Waals surface area contributed by atoms with Crippen molar-refractivity contribution >= 4 is 29.4 Å². The topological polar surface area (TPSA) is 121 Å². The van der Waals surface area contributed by atoms with Gasteiger partial charge >= 0.3 is 6.03 Å². The Morgan fingerprint density at radius 2 is 2.03 bits per heavy atom. The van der Waals surface area contributed by atoms with E-state index in [1.807, 2.05) is 13.8 Å². The summed E-state index contributed by atoms with van der Waals surface area (Å²) in [4.78, 5) is 28.7. The van der Waals surface area contributed by atoms with Gasteiger partial charge in [-0.05, 0) is 25.3 Å². The molecular formula is C22H29ClN6O3. The van der Waals surface area contributed by atoms with E-state index >= 15 is 0 Å². The summed E-state index contributed by atoms with van der Waals surface area (Å²) in [6, 6.07) is 1.23. The molecule has 4 N–H and O–H groups in total. The van der Waals surface area contributed by atoms with Crippen LogP contribution in [0.4, 0.5) is 10.6 Å². The highest BCUT2D eigenvalue weighted by Crippen LogP contribution is 2.46. The van der Waals surface area contributed by atoms with E-state index in [4.69, 9.17) is 11.6 Å². The van der Waals surface area contributed by atoms with Gasteiger partial charge in [0.15, 0.2) is 0 Å². The molecule has 0 aromatic carbocycles. The predicted octanol–water partition coefficient (Wildman–Crippen LogP) is 3.10. The first-order chi connectivity index (χ1) is 15.2. The lowest BCUT2D eigenvalue weighted by molar-refractivity contribution is -0.125. The number of carbonyl (C=O) groups excluding carboxylic acids is 2. The zero-order chi connectivity index (χ0) is 23.0. The minimum absolute atomic E-state index is 0.0139. The average Bonchev–Trinajstić information content (AvgIpc) is 3.25. The molecule has 0 saturated heterocycles. The number of nitrogens with one attached hydrogen (secondary N) is 3. The molecule has 2 aromatic rings. The Labute approximate surface area is 191 Å². The summed E-state index contributed by atoms with van der Waals surface area (Å²) in [7, 11) is 1.63. The second kappa shape index (κ2) is 8.71. The minimum atomic E-state index is -0.677. The number of amides is 3. The van der Waals surface area contributed by atoms with Gasteiger partial charge in [-0.25, -0.2) is 9.78 Å². The van der Waals surface area contributed by atoms with Gasteiger partial charge in [0.25, 0.3) is 0 Å². The number of hydrogen-bond acceptors (Lipinski definition) is 5. The first kappa shape index (κ1) is 22.5. The monoisotopic (exact) mass is 460 g/mol. The van der Waals surface area contributed by atoms with Crippen LogP contribution in [0, 0.1) is 11.3 Å². The van der Waals surface area contributed by atoms with Crippen LogP contribution in [0.1, 0.15) is 51.3 Å². The molecule has 9 nitrogen and oxygen atoms in total. The van der Waals surface area contributed by atoms with Gasteiger partial charge in [-0.1, -0.05) is 31.9 Å². The minimum Gasteiger partial charge on any atom is -0.386 e. The number of aromatic nitrogens is 3. The molecule has 172 valence electrons. The molecule has 3 heterocycles. The highest BCUT2D eigenvalue weighted by atomic mass is 35.5. The highest BCUT2D eigenvalue weighted by Gasteiger charge is 2.41. The average molecular weight is 461 g/mol. The summed E-state index contributed by atoms with van der Waals surface area (Å²) in [6.45, 7) is 4.58. The van der Waals surface area contributed by atoms with Gasteiger partial charge in [-0.3, -0.25) is 14.8 Å². The third kappa shape index (κ3) is 4.31. The number of hydrogen-bond donors (Lipinski definition) is 4. The van der Waals surface area contributed by atoms with Crippen molar-refractivity contribution in [1.29, 1.82) is 0 Å². The van der Waals surface area contributed by atoms with Gasteiger partial charge in [0.2, 0.25) is 5.91 Å². The van der Waals surface area contributed by atoms with E-state index in [0.29, 0.717) is 35.1 Å². The van der Waals surface area contributed by atoms with Gasteiger partial charge < -0.3 is 15.7 Å². The number of nitrogens with zero attached hydrogens (tertiary/aromatic N) is 3. The molecule has 1 fully saturated rings. The summed E-state index contributed by atoms with van der Waals surface area (Å²) in [5, 5.41) is 24.0. The maximum absolute atomic E-state index is 12.6. The number of urea groups is 1. The van der Waals surface area contributed by atoms with Crippen LogP contribution in [0.25, 0.3) is 11.1 Å². The van der Waals surface area contributed by atoms with Crippen LogP contribution < -0.4 is 16.0 Å². The molecule has 1 aliphatic carbocycles. The van der Waals surface area contributed by atoms with E-state index < -0.39 is 6.10 Å². The molecule has 3 amide bonds. The van der Waals surface area contributed by atoms with Gasteiger partial charge in [0.05, 0.1) is 16.9 Å². The summed E-state index contributed by atoms with van der Waals surface area (Å²) in [6.07, 6.45) is 5.64. The van der Waals surface area contributed by atoms with E-state index in [0.717, 1.165) is 24.8 Å². The van der Waals surface area contributed by atoms with Gasteiger partial charge in [0.1, 0.15) is 11.9 Å². The maximum atomic E-state index is 12.6. The van der Waals surface area contributed by atoms with Crippen LogP contribution in [0.5, 0.6) is 0 Å². The Kier molecular flexibility index (Phi) is 6.13. The van der Waals surface area contributed by atoms with E-state index in [2.05, 4.69) is 26.0 Å². The quantitative estimate of drug-likeness (QED) is 0.558. The molecule has 2 aromatic heterocycles. The largest absolute Gasteiger partial charge is 0.386 e. The van der Waals surface area contributed by atoms with Crippen molar-refractivity contribution in [2.75, 3.05) is 12.4 Å². The van der Waals surface area contributed by atoms with Crippen LogP contribution in [0.2, 0.25) is 5.02 Å².